The predicted molar refractivity (Wildman–Crippen MR) is 144 cm³/mol. The molecule has 1 aliphatic heterocycles. The van der Waals surface area contributed by atoms with Crippen molar-refractivity contribution in [2.45, 2.75) is 38.0 Å². The first-order valence-electron chi connectivity index (χ1n) is 12.3. The third-order valence-corrected chi connectivity index (χ3v) is 7.67. The Hall–Kier alpha value is -3.36. The van der Waals surface area contributed by atoms with Crippen LogP contribution in [0.2, 0.25) is 0 Å². The third kappa shape index (κ3) is 6.25. The van der Waals surface area contributed by atoms with Gasteiger partial charge < -0.3 is 15.0 Å². The van der Waals surface area contributed by atoms with Crippen molar-refractivity contribution in [2.24, 2.45) is 0 Å². The number of ether oxygens (including phenoxy) is 1. The summed E-state index contributed by atoms with van der Waals surface area (Å²) in [5, 5.41) is 2.98. The molecule has 0 radical (unpaired) electrons. The first-order valence-corrected chi connectivity index (χ1v) is 13.8. The highest BCUT2D eigenvalue weighted by atomic mass is 32.2. The Morgan fingerprint density at radius 2 is 1.72 bits per heavy atom. The number of nitrogens with zero attached hydrogens (tertiary/aromatic N) is 1. The lowest BCUT2D eigenvalue weighted by molar-refractivity contribution is 0.102. The number of unbranched alkanes of at least 4 members (excludes halogenated alkanes) is 1. The van der Waals surface area contributed by atoms with Crippen molar-refractivity contribution in [2.75, 3.05) is 41.2 Å². The van der Waals surface area contributed by atoms with E-state index in [1.807, 2.05) is 36.4 Å². The van der Waals surface area contributed by atoms with Gasteiger partial charge in [-0.05, 0) is 67.3 Å². The lowest BCUT2D eigenvalue weighted by Crippen LogP contribution is -2.36. The van der Waals surface area contributed by atoms with E-state index < -0.39 is 10.0 Å². The van der Waals surface area contributed by atoms with E-state index >= 15 is 0 Å². The van der Waals surface area contributed by atoms with E-state index in [1.54, 1.807) is 25.1 Å². The molecule has 4 rings (SSSR count). The van der Waals surface area contributed by atoms with E-state index in [4.69, 9.17) is 4.74 Å². The van der Waals surface area contributed by atoms with Crippen LogP contribution in [0.3, 0.4) is 0 Å². The first kappa shape index (κ1) is 25.7. The smallest absolute Gasteiger partial charge is 0.261 e. The molecule has 1 fully saturated rings. The van der Waals surface area contributed by atoms with Gasteiger partial charge in [0, 0.05) is 24.3 Å². The number of morpholine rings is 1. The van der Waals surface area contributed by atoms with Gasteiger partial charge in [-0.1, -0.05) is 43.7 Å². The molecule has 0 bridgehead atoms. The minimum atomic E-state index is -3.87. The number of amides is 1. The summed E-state index contributed by atoms with van der Waals surface area (Å²) in [6.07, 6.45) is 3.17. The zero-order chi connectivity index (χ0) is 25.5. The summed E-state index contributed by atoms with van der Waals surface area (Å²) >= 11 is 0. The number of benzene rings is 3. The number of carbonyl (C=O) groups excluding carboxylic acids is 1. The SMILES string of the molecule is CCCCc1ccc(NS(=O)(=O)c2ccc(C)c(C(=O)Nc3ccccc3N3CCOCC3)c2)cc1. The predicted octanol–water partition coefficient (Wildman–Crippen LogP) is 5.23. The molecule has 0 aliphatic carbocycles. The largest absolute Gasteiger partial charge is 0.378 e. The minimum Gasteiger partial charge on any atom is -0.378 e. The first-order chi connectivity index (χ1) is 17.4. The molecule has 2 N–H and O–H groups in total. The Kier molecular flexibility index (Phi) is 8.28. The Morgan fingerprint density at radius 3 is 2.44 bits per heavy atom. The van der Waals surface area contributed by atoms with Gasteiger partial charge in [0.15, 0.2) is 0 Å². The quantitative estimate of drug-likeness (QED) is 0.414. The van der Waals surface area contributed by atoms with Crippen molar-refractivity contribution in [3.63, 3.8) is 0 Å². The van der Waals surface area contributed by atoms with Gasteiger partial charge in [-0.3, -0.25) is 9.52 Å². The lowest BCUT2D eigenvalue weighted by Gasteiger charge is -2.30. The van der Waals surface area contributed by atoms with Gasteiger partial charge in [0.25, 0.3) is 15.9 Å². The van der Waals surface area contributed by atoms with Gasteiger partial charge in [0.2, 0.25) is 0 Å². The molecule has 190 valence electrons. The second kappa shape index (κ2) is 11.6. The van der Waals surface area contributed by atoms with E-state index in [0.717, 1.165) is 38.0 Å². The van der Waals surface area contributed by atoms with Crippen LogP contribution in [0.4, 0.5) is 17.1 Å². The summed E-state index contributed by atoms with van der Waals surface area (Å²) in [7, 11) is -3.87. The van der Waals surface area contributed by atoms with Gasteiger partial charge >= 0.3 is 0 Å². The van der Waals surface area contributed by atoms with Gasteiger partial charge in [0.1, 0.15) is 0 Å². The normalized spacial score (nSPS) is 13.9. The summed E-state index contributed by atoms with van der Waals surface area (Å²) < 4.78 is 34.3. The fourth-order valence-corrected chi connectivity index (χ4v) is 5.28. The molecule has 0 atom stereocenters. The molecular weight excluding hydrogens is 474 g/mol. The van der Waals surface area contributed by atoms with Gasteiger partial charge in [0.05, 0.1) is 29.5 Å². The highest BCUT2D eigenvalue weighted by Gasteiger charge is 2.20. The molecule has 1 saturated heterocycles. The molecule has 0 spiro atoms. The standard InChI is InChI=1S/C28H33N3O4S/c1-3-4-7-22-11-13-23(14-12-22)30-36(33,34)24-15-10-21(2)25(20-24)28(32)29-26-8-5-6-9-27(26)31-16-18-35-19-17-31/h5-6,8-15,20,30H,3-4,7,16-19H2,1-2H3,(H,29,32). The Balaban J connectivity index is 1.52. The van der Waals surface area contributed by atoms with Gasteiger partial charge in [-0.15, -0.1) is 0 Å². The molecular formula is C28H33N3O4S. The van der Waals surface area contributed by atoms with Crippen LogP contribution in [-0.2, 0) is 21.2 Å². The molecule has 1 aliphatic rings. The lowest BCUT2D eigenvalue weighted by atomic mass is 10.1. The number of hydrogen-bond acceptors (Lipinski definition) is 5. The number of nitrogens with one attached hydrogen (secondary N) is 2. The van der Waals surface area contributed by atoms with Crippen molar-refractivity contribution in [3.8, 4) is 0 Å². The van der Waals surface area contributed by atoms with E-state index in [0.29, 0.717) is 35.7 Å². The number of anilines is 3. The average Bonchev–Trinajstić information content (AvgIpc) is 2.89. The van der Waals surface area contributed by atoms with Crippen LogP contribution in [0.25, 0.3) is 0 Å². The van der Waals surface area contributed by atoms with Crippen LogP contribution in [0, 0.1) is 6.92 Å². The fourth-order valence-electron chi connectivity index (χ4n) is 4.20. The maximum Gasteiger partial charge on any atom is 0.261 e. The molecule has 3 aromatic rings. The van der Waals surface area contributed by atoms with E-state index in [-0.39, 0.29) is 10.8 Å². The number of carbonyl (C=O) groups is 1. The molecule has 3 aromatic carbocycles. The Morgan fingerprint density at radius 1 is 1.00 bits per heavy atom. The molecule has 8 heteroatoms. The zero-order valence-electron chi connectivity index (χ0n) is 20.8. The molecule has 36 heavy (non-hydrogen) atoms. The van der Waals surface area contributed by atoms with E-state index in [2.05, 4.69) is 21.9 Å². The maximum atomic E-state index is 13.3. The second-order valence-corrected chi connectivity index (χ2v) is 10.6. The molecule has 0 saturated carbocycles. The molecule has 1 heterocycles. The number of aryl methyl sites for hydroxylation is 2. The van der Waals surface area contributed by atoms with E-state index in [9.17, 15) is 13.2 Å². The molecule has 1 amide bonds. The van der Waals surface area contributed by atoms with Crippen LogP contribution in [-0.4, -0.2) is 40.6 Å². The Labute approximate surface area is 213 Å². The van der Waals surface area contributed by atoms with Crippen LogP contribution >= 0.6 is 0 Å². The highest BCUT2D eigenvalue weighted by molar-refractivity contribution is 7.92. The maximum absolute atomic E-state index is 13.3. The molecule has 7 nitrogen and oxygen atoms in total. The summed E-state index contributed by atoms with van der Waals surface area (Å²) in [4.78, 5) is 15.5. The third-order valence-electron chi connectivity index (χ3n) is 6.29. The van der Waals surface area contributed by atoms with Crippen LogP contribution < -0.4 is 14.9 Å². The topological polar surface area (TPSA) is 87.7 Å². The van der Waals surface area contributed by atoms with Crippen molar-refractivity contribution in [1.82, 2.24) is 0 Å². The summed E-state index contributed by atoms with van der Waals surface area (Å²) in [5.41, 5.74) is 4.26. The number of para-hydroxylation sites is 2. The minimum absolute atomic E-state index is 0.0368. The highest BCUT2D eigenvalue weighted by Crippen LogP contribution is 2.28. The second-order valence-electron chi connectivity index (χ2n) is 8.95. The van der Waals surface area contributed by atoms with Crippen molar-refractivity contribution >= 4 is 33.0 Å². The molecule has 0 unspecified atom stereocenters. The van der Waals surface area contributed by atoms with Crippen molar-refractivity contribution < 1.29 is 17.9 Å². The van der Waals surface area contributed by atoms with Crippen LogP contribution in [0.1, 0.15) is 41.3 Å². The van der Waals surface area contributed by atoms with E-state index in [1.165, 1.54) is 17.7 Å². The molecule has 0 aromatic heterocycles. The van der Waals surface area contributed by atoms with Crippen LogP contribution in [0.5, 0.6) is 0 Å². The van der Waals surface area contributed by atoms with Gasteiger partial charge in [-0.25, -0.2) is 8.42 Å². The van der Waals surface area contributed by atoms with Gasteiger partial charge in [-0.2, -0.15) is 0 Å². The summed E-state index contributed by atoms with van der Waals surface area (Å²) in [6, 6.07) is 19.6. The van der Waals surface area contributed by atoms with Crippen molar-refractivity contribution in [1.29, 1.82) is 0 Å². The van der Waals surface area contributed by atoms with Crippen molar-refractivity contribution in [3.05, 3.63) is 83.4 Å². The summed E-state index contributed by atoms with van der Waals surface area (Å²) in [6.45, 7) is 6.68. The fraction of sp³-hybridized carbons (Fsp3) is 0.321. The van der Waals surface area contributed by atoms with Crippen LogP contribution in [0.15, 0.2) is 71.6 Å². The number of sulfonamides is 1. The summed E-state index contributed by atoms with van der Waals surface area (Å²) in [5.74, 6) is -0.356. The Bertz CT molecular complexity index is 1300. The monoisotopic (exact) mass is 507 g/mol. The average molecular weight is 508 g/mol. The zero-order valence-corrected chi connectivity index (χ0v) is 21.6. The number of rotatable bonds is 9. The number of hydrogen-bond donors (Lipinski definition) is 2.